The van der Waals surface area contributed by atoms with Crippen LogP contribution in [0, 0.1) is 0 Å². The minimum absolute atomic E-state index is 0.0819. The van der Waals surface area contributed by atoms with Crippen molar-refractivity contribution in [3.8, 4) is 0 Å². The molecule has 3 nitrogen and oxygen atoms in total. The third-order valence-corrected chi connectivity index (χ3v) is 4.89. The number of carbonyl (C=O) groups is 1. The number of benzene rings is 2. The molecule has 0 N–H and O–H groups in total. The van der Waals surface area contributed by atoms with E-state index in [9.17, 15) is 9.00 Å². The molecule has 2 aromatic carbocycles. The molecule has 1 heterocycles. The summed E-state index contributed by atoms with van der Waals surface area (Å²) in [5.41, 5.74) is 0.662. The van der Waals surface area contributed by atoms with E-state index in [0.29, 0.717) is 10.5 Å². The smallest absolute Gasteiger partial charge is 0.210 e. The highest BCUT2D eigenvalue weighted by Gasteiger charge is 2.16. The molecule has 1 atom stereocenters. The number of hydrogen-bond acceptors (Lipinski definition) is 3. The highest BCUT2D eigenvalue weighted by atomic mass is 79.9. The zero-order chi connectivity index (χ0) is 14.8. The summed E-state index contributed by atoms with van der Waals surface area (Å²) in [5, 5.41) is 0.871. The minimum atomic E-state index is -1.37. The van der Waals surface area contributed by atoms with Crippen LogP contribution in [0.5, 0.6) is 0 Å². The van der Waals surface area contributed by atoms with E-state index < -0.39 is 10.8 Å². The zero-order valence-electron chi connectivity index (χ0n) is 10.9. The van der Waals surface area contributed by atoms with Gasteiger partial charge in [-0.2, -0.15) is 0 Å². The van der Waals surface area contributed by atoms with Crippen molar-refractivity contribution in [2.45, 2.75) is 4.90 Å². The van der Waals surface area contributed by atoms with Crippen molar-refractivity contribution >= 4 is 43.5 Å². The van der Waals surface area contributed by atoms with Crippen molar-refractivity contribution in [1.29, 1.82) is 0 Å². The van der Waals surface area contributed by atoms with E-state index >= 15 is 0 Å². The Bertz CT molecular complexity index is 788. The highest BCUT2D eigenvalue weighted by molar-refractivity contribution is 9.10. The fraction of sp³-hybridized carbons (Fsp3) is 0.0625. The molecule has 0 radical (unpaired) electrons. The van der Waals surface area contributed by atoms with E-state index in [0.717, 1.165) is 9.86 Å². The van der Waals surface area contributed by atoms with Crippen LogP contribution < -0.4 is 0 Å². The van der Waals surface area contributed by atoms with Gasteiger partial charge >= 0.3 is 0 Å². The van der Waals surface area contributed by atoms with Crippen molar-refractivity contribution in [1.82, 2.24) is 0 Å². The zero-order valence-corrected chi connectivity index (χ0v) is 13.3. The number of fused-ring (bicyclic) bond motifs is 1. The first-order chi connectivity index (χ1) is 10.1. The summed E-state index contributed by atoms with van der Waals surface area (Å²) in [4.78, 5) is 12.8. The third kappa shape index (κ3) is 3.14. The number of hydrogen-bond donors (Lipinski definition) is 0. The molecule has 0 aliphatic carbocycles. The number of carbonyl (C=O) groups excluding carboxylic acids is 1. The topological polar surface area (TPSA) is 47.3 Å². The van der Waals surface area contributed by atoms with E-state index in [1.165, 1.54) is 0 Å². The van der Waals surface area contributed by atoms with Gasteiger partial charge in [-0.15, -0.1) is 0 Å². The molecule has 0 aliphatic rings. The maximum absolute atomic E-state index is 12.2. The number of furan rings is 1. The molecule has 0 fully saturated rings. The molecule has 3 rings (SSSR count). The van der Waals surface area contributed by atoms with Gasteiger partial charge in [0.05, 0.1) is 16.6 Å². The first-order valence-electron chi connectivity index (χ1n) is 6.29. The van der Waals surface area contributed by atoms with Gasteiger partial charge in [0.25, 0.3) is 0 Å². The second-order valence-corrected chi connectivity index (χ2v) is 6.88. The van der Waals surface area contributed by atoms with Crippen LogP contribution in [-0.2, 0) is 10.8 Å². The molecule has 1 unspecified atom stereocenters. The molecular formula is C16H11BrO3S. The highest BCUT2D eigenvalue weighted by Crippen LogP contribution is 2.20. The molecular weight excluding hydrogens is 352 g/mol. The summed E-state index contributed by atoms with van der Waals surface area (Å²) in [7, 11) is -1.37. The average molecular weight is 363 g/mol. The Labute approximate surface area is 132 Å². The van der Waals surface area contributed by atoms with Gasteiger partial charge in [-0.3, -0.25) is 9.00 Å². The normalized spacial score (nSPS) is 12.4. The Morgan fingerprint density at radius 2 is 1.81 bits per heavy atom. The van der Waals surface area contributed by atoms with Gasteiger partial charge in [0.2, 0.25) is 5.78 Å². The molecule has 21 heavy (non-hydrogen) atoms. The lowest BCUT2D eigenvalue weighted by Crippen LogP contribution is -2.10. The molecule has 3 aromatic rings. The van der Waals surface area contributed by atoms with Gasteiger partial charge in [0.1, 0.15) is 5.58 Å². The van der Waals surface area contributed by atoms with Crippen molar-refractivity contribution in [2.24, 2.45) is 0 Å². The number of ketones is 1. The lowest BCUT2D eigenvalue weighted by Gasteiger charge is -2.00. The van der Waals surface area contributed by atoms with Gasteiger partial charge in [0, 0.05) is 14.8 Å². The van der Waals surface area contributed by atoms with Crippen LogP contribution in [0.4, 0.5) is 0 Å². The Morgan fingerprint density at radius 3 is 2.52 bits per heavy atom. The van der Waals surface area contributed by atoms with Crippen LogP contribution in [0.3, 0.4) is 0 Å². The van der Waals surface area contributed by atoms with Crippen LogP contribution in [0.2, 0.25) is 0 Å². The molecule has 0 spiro atoms. The number of halogens is 1. The minimum Gasteiger partial charge on any atom is -0.453 e. The molecule has 0 saturated heterocycles. The van der Waals surface area contributed by atoms with Crippen molar-refractivity contribution in [3.63, 3.8) is 0 Å². The fourth-order valence-corrected chi connectivity index (χ4v) is 3.23. The summed E-state index contributed by atoms with van der Waals surface area (Å²) in [5.74, 6) is -0.0873. The standard InChI is InChI=1S/C16H11BrO3S/c17-12-5-7-13(8-6-12)21(19)10-14(18)16-9-11-3-1-2-4-15(11)20-16/h1-9H,10H2. The van der Waals surface area contributed by atoms with Gasteiger partial charge in [-0.25, -0.2) is 0 Å². The van der Waals surface area contributed by atoms with Crippen molar-refractivity contribution in [3.05, 3.63) is 64.8 Å². The molecule has 106 valence electrons. The first kappa shape index (κ1) is 14.2. The number of para-hydroxylation sites is 1. The first-order valence-corrected chi connectivity index (χ1v) is 8.40. The second-order valence-electron chi connectivity index (χ2n) is 4.52. The largest absolute Gasteiger partial charge is 0.453 e. The van der Waals surface area contributed by atoms with E-state index in [1.807, 2.05) is 18.2 Å². The van der Waals surface area contributed by atoms with Crippen molar-refractivity contribution < 1.29 is 13.4 Å². The number of rotatable bonds is 4. The van der Waals surface area contributed by atoms with E-state index in [1.54, 1.807) is 36.4 Å². The van der Waals surface area contributed by atoms with Crippen molar-refractivity contribution in [2.75, 3.05) is 5.75 Å². The van der Waals surface area contributed by atoms with Crippen LogP contribution in [0.15, 0.2) is 68.4 Å². The molecule has 1 aromatic heterocycles. The molecule has 0 aliphatic heterocycles. The lowest BCUT2D eigenvalue weighted by molar-refractivity contribution is 0.0993. The third-order valence-electron chi connectivity index (χ3n) is 3.04. The summed E-state index contributed by atoms with van der Waals surface area (Å²) in [6.45, 7) is 0. The maximum Gasteiger partial charge on any atom is 0.210 e. The van der Waals surface area contributed by atoms with Gasteiger partial charge < -0.3 is 4.42 Å². The fourth-order valence-electron chi connectivity index (χ4n) is 1.98. The summed E-state index contributed by atoms with van der Waals surface area (Å²) in [6, 6.07) is 16.2. The SMILES string of the molecule is O=C(CS(=O)c1ccc(Br)cc1)c1cc2ccccc2o1. The quantitative estimate of drug-likeness (QED) is 0.653. The van der Waals surface area contributed by atoms with Gasteiger partial charge in [0.15, 0.2) is 5.76 Å². The molecule has 5 heteroatoms. The summed E-state index contributed by atoms with van der Waals surface area (Å²) in [6.07, 6.45) is 0. The second kappa shape index (κ2) is 5.95. The predicted octanol–water partition coefficient (Wildman–Crippen LogP) is 4.19. The Kier molecular flexibility index (Phi) is 4.03. The molecule has 0 bridgehead atoms. The summed E-state index contributed by atoms with van der Waals surface area (Å²) >= 11 is 3.32. The van der Waals surface area contributed by atoms with E-state index in [-0.39, 0.29) is 17.3 Å². The van der Waals surface area contributed by atoms with E-state index in [2.05, 4.69) is 15.9 Å². The van der Waals surface area contributed by atoms with E-state index in [4.69, 9.17) is 4.42 Å². The Balaban J connectivity index is 1.79. The maximum atomic E-state index is 12.2. The van der Waals surface area contributed by atoms with Gasteiger partial charge in [-0.05, 0) is 36.4 Å². The predicted molar refractivity (Wildman–Crippen MR) is 86.0 cm³/mol. The van der Waals surface area contributed by atoms with Crippen LogP contribution >= 0.6 is 15.9 Å². The van der Waals surface area contributed by atoms with Crippen LogP contribution in [0.25, 0.3) is 11.0 Å². The molecule has 0 amide bonds. The van der Waals surface area contributed by atoms with Crippen LogP contribution in [-0.4, -0.2) is 15.7 Å². The molecule has 0 saturated carbocycles. The average Bonchev–Trinajstić information content (AvgIpc) is 2.92. The monoisotopic (exact) mass is 362 g/mol. The lowest BCUT2D eigenvalue weighted by atomic mass is 10.2. The summed E-state index contributed by atoms with van der Waals surface area (Å²) < 4.78 is 18.6. The van der Waals surface area contributed by atoms with Crippen LogP contribution in [0.1, 0.15) is 10.6 Å². The van der Waals surface area contributed by atoms with Gasteiger partial charge in [-0.1, -0.05) is 34.1 Å². The Hall–Kier alpha value is -1.72. The number of Topliss-reactive ketones (excluding diaryl/α,β-unsaturated/α-hetero) is 1. The Morgan fingerprint density at radius 1 is 1.10 bits per heavy atom.